The van der Waals surface area contributed by atoms with Gasteiger partial charge in [0.1, 0.15) is 6.10 Å². The first-order valence-electron chi connectivity index (χ1n) is 13.1. The van der Waals surface area contributed by atoms with Crippen LogP contribution in [-0.2, 0) is 46.9 Å². The predicted molar refractivity (Wildman–Crippen MR) is 139 cm³/mol. The molecule has 14 heteroatoms. The van der Waals surface area contributed by atoms with Crippen LogP contribution < -0.4 is 15.5 Å². The van der Waals surface area contributed by atoms with E-state index >= 15 is 0 Å². The van der Waals surface area contributed by atoms with Crippen molar-refractivity contribution in [1.82, 2.24) is 10.6 Å². The second kappa shape index (κ2) is 26.1. The maximum Gasteiger partial charge on any atom is 0.267 e. The van der Waals surface area contributed by atoms with Crippen molar-refractivity contribution in [2.24, 2.45) is 0 Å². The molecule has 0 aliphatic carbocycles. The van der Waals surface area contributed by atoms with Crippen molar-refractivity contribution in [3.05, 3.63) is 0 Å². The van der Waals surface area contributed by atoms with Gasteiger partial charge in [-0.2, -0.15) is 0 Å². The third kappa shape index (κ3) is 25.1. The van der Waals surface area contributed by atoms with E-state index in [1.165, 1.54) is 0 Å². The first kappa shape index (κ1) is 36.8. The molecule has 0 aromatic heterocycles. The summed E-state index contributed by atoms with van der Waals surface area (Å²) >= 11 is 0. The zero-order valence-corrected chi connectivity index (χ0v) is 24.1. The van der Waals surface area contributed by atoms with Gasteiger partial charge in [-0.1, -0.05) is 12.8 Å². The van der Waals surface area contributed by atoms with Crippen LogP contribution >= 0.6 is 7.82 Å². The normalized spacial score (nSPS) is 13.7. The number of ether oxygens (including phenoxy) is 5. The Labute approximate surface area is 227 Å². The summed E-state index contributed by atoms with van der Waals surface area (Å²) in [4.78, 5) is 34.8. The molecule has 0 aliphatic heterocycles. The van der Waals surface area contributed by atoms with Gasteiger partial charge in [0.05, 0.1) is 46.2 Å². The van der Waals surface area contributed by atoms with Gasteiger partial charge in [-0.25, -0.2) is 0 Å². The average molecular weight is 572 g/mol. The summed E-state index contributed by atoms with van der Waals surface area (Å²) in [5, 5.41) is 5.66. The minimum absolute atomic E-state index is 0.0876. The van der Waals surface area contributed by atoms with E-state index in [1.807, 2.05) is 0 Å². The van der Waals surface area contributed by atoms with Gasteiger partial charge >= 0.3 is 0 Å². The lowest BCUT2D eigenvalue weighted by Crippen LogP contribution is -2.29. The van der Waals surface area contributed by atoms with Crippen LogP contribution in [0.4, 0.5) is 0 Å². The van der Waals surface area contributed by atoms with Gasteiger partial charge in [0, 0.05) is 53.9 Å². The smallest absolute Gasteiger partial charge is 0.267 e. The van der Waals surface area contributed by atoms with Gasteiger partial charge in [0.15, 0.2) is 0 Å². The van der Waals surface area contributed by atoms with Crippen molar-refractivity contribution < 1.29 is 51.8 Å². The molecule has 13 nitrogen and oxygen atoms in total. The summed E-state index contributed by atoms with van der Waals surface area (Å²) in [7, 11) is 0.141. The zero-order valence-electron chi connectivity index (χ0n) is 23.2. The Morgan fingerprint density at radius 2 is 1.29 bits per heavy atom. The highest BCUT2D eigenvalue weighted by atomic mass is 31.2. The number of phosphoric ester groups is 1. The summed E-state index contributed by atoms with van der Waals surface area (Å²) < 4.78 is 46.7. The summed E-state index contributed by atoms with van der Waals surface area (Å²) in [6, 6.07) is 0. The number of hydrogen-bond donors (Lipinski definition) is 2. The Morgan fingerprint density at radius 3 is 1.92 bits per heavy atom. The van der Waals surface area contributed by atoms with Gasteiger partial charge in [-0.05, 0) is 25.7 Å². The number of unbranched alkanes of at least 4 members (excludes halogenated alkanes) is 3. The zero-order chi connectivity index (χ0) is 28.3. The molecule has 2 atom stereocenters. The molecule has 2 unspecified atom stereocenters. The van der Waals surface area contributed by atoms with Crippen molar-refractivity contribution in [3.8, 4) is 0 Å². The van der Waals surface area contributed by atoms with E-state index in [2.05, 4.69) is 19.7 Å². The van der Waals surface area contributed by atoms with Gasteiger partial charge < -0.3 is 48.3 Å². The quantitative estimate of drug-likeness (QED) is 0.102. The van der Waals surface area contributed by atoms with Crippen LogP contribution in [0.15, 0.2) is 0 Å². The Bertz CT molecular complexity index is 628. The number of nitrogens with one attached hydrogen (secondary N) is 2. The Hall–Kier alpha value is -1.15. The van der Waals surface area contributed by atoms with Gasteiger partial charge in [0.25, 0.3) is 7.82 Å². The van der Waals surface area contributed by atoms with Crippen molar-refractivity contribution in [3.63, 3.8) is 0 Å². The van der Waals surface area contributed by atoms with Gasteiger partial charge in [0.2, 0.25) is 11.8 Å². The number of methoxy groups -OCH3 is 2. The van der Waals surface area contributed by atoms with Crippen LogP contribution in [0.3, 0.4) is 0 Å². The minimum atomic E-state index is -4.15. The topological polar surface area (TPSA) is 163 Å². The number of phosphoric acid groups is 1. The molecule has 2 N–H and O–H groups in total. The summed E-state index contributed by atoms with van der Waals surface area (Å²) in [5.41, 5.74) is 0. The van der Waals surface area contributed by atoms with E-state index in [4.69, 9.17) is 23.7 Å². The molecule has 0 radical (unpaired) electrons. The maximum absolute atomic E-state index is 12.0. The maximum atomic E-state index is 12.0. The minimum Gasteiger partial charge on any atom is -0.756 e. The van der Waals surface area contributed by atoms with Gasteiger partial charge in [-0.15, -0.1) is 0 Å². The molecule has 2 amide bonds. The first-order chi connectivity index (χ1) is 18.3. The van der Waals surface area contributed by atoms with Gasteiger partial charge in [-0.3, -0.25) is 14.2 Å². The largest absolute Gasteiger partial charge is 0.756 e. The fourth-order valence-corrected chi connectivity index (χ4v) is 3.50. The second-order valence-corrected chi connectivity index (χ2v) is 9.93. The lowest BCUT2D eigenvalue weighted by atomic mass is 10.2. The molecule has 0 bridgehead atoms. The van der Waals surface area contributed by atoms with Crippen molar-refractivity contribution in [1.29, 1.82) is 0 Å². The van der Waals surface area contributed by atoms with Crippen molar-refractivity contribution in [2.45, 2.75) is 57.5 Å². The molecule has 0 saturated carbocycles. The Morgan fingerprint density at radius 1 is 0.711 bits per heavy atom. The molecule has 0 aromatic rings. The van der Waals surface area contributed by atoms with Crippen LogP contribution in [0.1, 0.15) is 51.4 Å². The predicted octanol–water partition coefficient (Wildman–Crippen LogP) is 1.18. The fourth-order valence-electron chi connectivity index (χ4n) is 3.04. The Balaban J connectivity index is 3.67. The molecule has 0 heterocycles. The summed E-state index contributed by atoms with van der Waals surface area (Å²) in [5.74, 6) is -0.182. The molecule has 0 fully saturated rings. The van der Waals surface area contributed by atoms with E-state index < -0.39 is 7.82 Å². The highest BCUT2D eigenvalue weighted by molar-refractivity contribution is 7.45. The molecule has 226 valence electrons. The third-order valence-electron chi connectivity index (χ3n) is 5.14. The molecular weight excluding hydrogens is 523 g/mol. The third-order valence-corrected chi connectivity index (χ3v) is 6.09. The van der Waals surface area contributed by atoms with E-state index in [-0.39, 0.29) is 37.4 Å². The standard InChI is InChI=1S/C24H49N2O11P/c1-31-16-18-35-21-22(36-19-17-32-2)20-34-14-9-13-26-24(28)11-8-10-23(27)25-12-6-4-5-7-15-37-38(29,30)33-3/h22H,4-21H2,1-3H3,(H,25,27)(H,26,28)(H,29,30)/p-1. The van der Waals surface area contributed by atoms with E-state index in [1.54, 1.807) is 14.2 Å². The van der Waals surface area contributed by atoms with Crippen LogP contribution in [0.2, 0.25) is 0 Å². The Kier molecular flexibility index (Phi) is 25.3. The van der Waals surface area contributed by atoms with E-state index in [9.17, 15) is 19.0 Å². The van der Waals surface area contributed by atoms with Crippen LogP contribution in [0.5, 0.6) is 0 Å². The molecule has 0 aromatic carbocycles. The molecule has 0 spiro atoms. The monoisotopic (exact) mass is 571 g/mol. The number of hydrogen-bond acceptors (Lipinski definition) is 11. The van der Waals surface area contributed by atoms with Crippen LogP contribution in [0, 0.1) is 0 Å². The highest BCUT2D eigenvalue weighted by Crippen LogP contribution is 2.36. The molecule has 38 heavy (non-hydrogen) atoms. The lowest BCUT2D eigenvalue weighted by Gasteiger charge is -2.19. The molecule has 0 aliphatic rings. The molecular formula is C24H48N2O11P-. The first-order valence-corrected chi connectivity index (χ1v) is 14.6. The summed E-state index contributed by atoms with van der Waals surface area (Å²) in [6.45, 7) is 4.33. The van der Waals surface area contributed by atoms with Crippen molar-refractivity contribution >= 4 is 19.6 Å². The molecule has 0 saturated heterocycles. The van der Waals surface area contributed by atoms with Crippen molar-refractivity contribution in [2.75, 3.05) is 87.3 Å². The SMILES string of the molecule is COCCOCC(COCCCNC(=O)CCCC(=O)NCCCCCCOP(=O)([O-])OC)OCCOC. The van der Waals surface area contributed by atoms with Crippen LogP contribution in [0.25, 0.3) is 0 Å². The fraction of sp³-hybridized carbons (Fsp3) is 0.917. The van der Waals surface area contributed by atoms with E-state index in [0.29, 0.717) is 78.6 Å². The highest BCUT2D eigenvalue weighted by Gasteiger charge is 2.10. The second-order valence-electron chi connectivity index (χ2n) is 8.41. The number of carbonyl (C=O) groups excluding carboxylic acids is 2. The van der Waals surface area contributed by atoms with E-state index in [0.717, 1.165) is 26.4 Å². The number of amides is 2. The van der Waals surface area contributed by atoms with Crippen LogP contribution in [-0.4, -0.2) is 105 Å². The molecule has 0 rings (SSSR count). The average Bonchev–Trinajstić information content (AvgIpc) is 2.89. The number of carbonyl (C=O) groups is 2. The summed E-state index contributed by atoms with van der Waals surface area (Å²) in [6.07, 6.45) is 4.52. The number of rotatable bonds is 28. The lowest BCUT2D eigenvalue weighted by molar-refractivity contribution is -0.223.